The van der Waals surface area contributed by atoms with Crippen molar-refractivity contribution < 1.29 is 4.79 Å². The molecule has 1 aromatic rings. The third kappa shape index (κ3) is 10.2. The van der Waals surface area contributed by atoms with Gasteiger partial charge >= 0.3 is 11.4 Å². The predicted molar refractivity (Wildman–Crippen MR) is 59.5 cm³/mol. The van der Waals surface area contributed by atoms with Crippen LogP contribution in [-0.4, -0.2) is 17.7 Å². The van der Waals surface area contributed by atoms with Crippen LogP contribution in [0.5, 0.6) is 0 Å². The molecular formula is C8H8AlCl3O. The molecule has 13 heavy (non-hydrogen) atoms. The quantitative estimate of drug-likeness (QED) is 0.585. The lowest BCUT2D eigenvalue weighted by Crippen LogP contribution is -1.82. The molecule has 0 spiro atoms. The van der Waals surface area contributed by atoms with Crippen molar-refractivity contribution in [1.82, 2.24) is 0 Å². The number of hydrogen-bond donors (Lipinski definition) is 0. The zero-order chi connectivity index (χ0) is 10.1. The minimum Gasteiger partial charge on any atom is -0.303 e. The highest BCUT2D eigenvalue weighted by Crippen LogP contribution is 1.97. The van der Waals surface area contributed by atoms with E-state index < -0.39 is 11.4 Å². The Balaban J connectivity index is 0.000000310. The van der Waals surface area contributed by atoms with Gasteiger partial charge in [0, 0.05) is 6.42 Å². The molecule has 0 unspecified atom stereocenters. The summed E-state index contributed by atoms with van der Waals surface area (Å²) in [6.07, 6.45) is 1.44. The molecule has 0 N–H and O–H groups in total. The second-order valence-electron chi connectivity index (χ2n) is 2.10. The van der Waals surface area contributed by atoms with Crippen molar-refractivity contribution in [1.29, 1.82) is 0 Å². The largest absolute Gasteiger partial charge is 0.643 e. The SMILES string of the molecule is O=CCc1ccccc1.[Cl][Al]([Cl])[Cl]. The predicted octanol–water partition coefficient (Wildman–Crippen LogP) is 3.12. The van der Waals surface area contributed by atoms with Gasteiger partial charge in [0.25, 0.3) is 0 Å². The summed E-state index contributed by atoms with van der Waals surface area (Å²) in [5.74, 6) is 0. The molecule has 0 saturated heterocycles. The van der Waals surface area contributed by atoms with Gasteiger partial charge in [-0.15, -0.1) is 0 Å². The molecule has 0 radical (unpaired) electrons. The second kappa shape index (κ2) is 8.87. The van der Waals surface area contributed by atoms with E-state index in [4.69, 9.17) is 30.1 Å². The van der Waals surface area contributed by atoms with E-state index in [1.807, 2.05) is 30.3 Å². The zero-order valence-corrected chi connectivity index (χ0v) is 10.2. The summed E-state index contributed by atoms with van der Waals surface area (Å²) >= 11 is -1.72. The van der Waals surface area contributed by atoms with Crippen molar-refractivity contribution in [2.24, 2.45) is 0 Å². The third-order valence-electron chi connectivity index (χ3n) is 1.16. The minimum absolute atomic E-state index is 0.529. The number of rotatable bonds is 2. The maximum atomic E-state index is 9.97. The summed E-state index contributed by atoms with van der Waals surface area (Å²) in [6, 6.07) is 9.68. The van der Waals surface area contributed by atoms with Crippen molar-refractivity contribution in [3.63, 3.8) is 0 Å². The van der Waals surface area contributed by atoms with Crippen molar-refractivity contribution in [3.8, 4) is 0 Å². The van der Waals surface area contributed by atoms with Gasteiger partial charge < -0.3 is 4.79 Å². The molecule has 70 valence electrons. The highest BCUT2D eigenvalue weighted by molar-refractivity contribution is 7.54. The van der Waals surface area contributed by atoms with E-state index in [-0.39, 0.29) is 0 Å². The molecule has 0 amide bonds. The van der Waals surface area contributed by atoms with E-state index in [2.05, 4.69) is 0 Å². The average Bonchev–Trinajstić information content (AvgIpc) is 2.06. The van der Waals surface area contributed by atoms with Gasteiger partial charge in [-0.3, -0.25) is 0 Å². The van der Waals surface area contributed by atoms with Crippen molar-refractivity contribution in [3.05, 3.63) is 35.9 Å². The number of halogens is 3. The van der Waals surface area contributed by atoms with Crippen LogP contribution in [0.2, 0.25) is 0 Å². The summed E-state index contributed by atoms with van der Waals surface area (Å²) in [4.78, 5) is 9.97. The van der Waals surface area contributed by atoms with E-state index in [1.54, 1.807) is 0 Å². The second-order valence-corrected chi connectivity index (χ2v) is 8.54. The molecule has 0 aromatic heterocycles. The minimum atomic E-state index is -1.72. The molecule has 1 nitrogen and oxygen atoms in total. The summed E-state index contributed by atoms with van der Waals surface area (Å²) in [7, 11) is 14.8. The lowest BCUT2D eigenvalue weighted by atomic mass is 10.2. The average molecular weight is 253 g/mol. The zero-order valence-electron chi connectivity index (χ0n) is 6.79. The molecule has 1 aromatic carbocycles. The molecule has 0 bridgehead atoms. The number of carbonyl (C=O) groups excluding carboxylic acids is 1. The van der Waals surface area contributed by atoms with E-state index in [1.165, 1.54) is 0 Å². The molecular weight excluding hydrogens is 245 g/mol. The third-order valence-corrected chi connectivity index (χ3v) is 1.16. The molecule has 5 heteroatoms. The number of hydrogen-bond acceptors (Lipinski definition) is 1. The summed E-state index contributed by atoms with van der Waals surface area (Å²) < 4.78 is 0. The van der Waals surface area contributed by atoms with Gasteiger partial charge in [-0.1, -0.05) is 30.3 Å². The van der Waals surface area contributed by atoms with Gasteiger partial charge in [-0.05, 0) is 5.56 Å². The topological polar surface area (TPSA) is 17.1 Å². The normalized spacial score (nSPS) is 8.23. The van der Waals surface area contributed by atoms with Gasteiger partial charge in [-0.2, -0.15) is 0 Å². The number of benzene rings is 1. The Morgan fingerprint density at radius 2 is 1.62 bits per heavy atom. The first-order chi connectivity index (χ1) is 6.16. The van der Waals surface area contributed by atoms with Crippen LogP contribution >= 0.6 is 30.1 Å². The fourth-order valence-electron chi connectivity index (χ4n) is 0.710. The molecule has 0 aliphatic carbocycles. The number of carbonyl (C=O) groups is 1. The van der Waals surface area contributed by atoms with E-state index in [0.29, 0.717) is 6.42 Å². The van der Waals surface area contributed by atoms with Crippen molar-refractivity contribution >= 4 is 47.8 Å². The van der Waals surface area contributed by atoms with Crippen molar-refractivity contribution in [2.75, 3.05) is 0 Å². The fraction of sp³-hybridized carbons (Fsp3) is 0.125. The van der Waals surface area contributed by atoms with Crippen LogP contribution in [0.15, 0.2) is 30.3 Å². The summed E-state index contributed by atoms with van der Waals surface area (Å²) in [5.41, 5.74) is 1.08. The van der Waals surface area contributed by atoms with Crippen LogP contribution < -0.4 is 0 Å². The van der Waals surface area contributed by atoms with Crippen LogP contribution in [-0.2, 0) is 11.2 Å². The maximum Gasteiger partial charge on any atom is 0.643 e. The lowest BCUT2D eigenvalue weighted by Gasteiger charge is -1.89. The monoisotopic (exact) mass is 252 g/mol. The Labute approximate surface area is 94.6 Å². The van der Waals surface area contributed by atoms with Crippen molar-refractivity contribution in [2.45, 2.75) is 6.42 Å². The smallest absolute Gasteiger partial charge is 0.303 e. The summed E-state index contributed by atoms with van der Waals surface area (Å²) in [6.45, 7) is 0. The first kappa shape index (κ1) is 13.3. The van der Waals surface area contributed by atoms with Gasteiger partial charge in [0.2, 0.25) is 0 Å². The maximum absolute atomic E-state index is 9.97. The van der Waals surface area contributed by atoms with Crippen LogP contribution in [0, 0.1) is 0 Å². The Morgan fingerprint density at radius 1 is 1.15 bits per heavy atom. The van der Waals surface area contributed by atoms with Crippen LogP contribution in [0.3, 0.4) is 0 Å². The lowest BCUT2D eigenvalue weighted by molar-refractivity contribution is -0.107. The number of aldehydes is 1. The molecule has 0 fully saturated rings. The molecule has 0 aliphatic heterocycles. The Morgan fingerprint density at radius 3 is 2.00 bits per heavy atom. The first-order valence-electron chi connectivity index (χ1n) is 3.56. The Bertz CT molecular complexity index is 225. The van der Waals surface area contributed by atoms with Gasteiger partial charge in [0.05, 0.1) is 0 Å². The standard InChI is InChI=1S/C8H8O.Al.3ClH/c9-7-6-8-4-2-1-3-5-8;;;;/h1-5,7H,6H2;;3*1H/q;+3;;;/p-3. The van der Waals surface area contributed by atoms with Gasteiger partial charge in [0.1, 0.15) is 6.29 Å². The first-order valence-corrected chi connectivity index (χ1v) is 8.80. The highest BCUT2D eigenvalue weighted by Gasteiger charge is 2.00. The highest BCUT2D eigenvalue weighted by atomic mass is 35.8. The summed E-state index contributed by atoms with van der Waals surface area (Å²) in [5, 5.41) is 0. The molecule has 1 rings (SSSR count). The van der Waals surface area contributed by atoms with Crippen LogP contribution in [0.4, 0.5) is 0 Å². The molecule has 0 saturated carbocycles. The molecule has 0 heterocycles. The van der Waals surface area contributed by atoms with E-state index in [9.17, 15) is 4.79 Å². The fourth-order valence-corrected chi connectivity index (χ4v) is 0.710. The Kier molecular flexibility index (Phi) is 9.07. The van der Waals surface area contributed by atoms with Gasteiger partial charge in [0.15, 0.2) is 0 Å². The van der Waals surface area contributed by atoms with Crippen LogP contribution in [0.25, 0.3) is 0 Å². The molecule has 0 aliphatic rings. The van der Waals surface area contributed by atoms with Gasteiger partial charge in [-0.25, -0.2) is 30.1 Å². The molecule has 0 atom stereocenters. The van der Waals surface area contributed by atoms with Crippen LogP contribution in [0.1, 0.15) is 5.56 Å². The Hall–Kier alpha value is 0.292. The van der Waals surface area contributed by atoms with E-state index in [0.717, 1.165) is 11.8 Å². The van der Waals surface area contributed by atoms with E-state index >= 15 is 0 Å².